The molecule has 114 valence electrons. The first-order chi connectivity index (χ1) is 9.79. The van der Waals surface area contributed by atoms with Crippen LogP contribution in [0.25, 0.3) is 0 Å². The second-order valence-electron chi connectivity index (χ2n) is 5.18. The fourth-order valence-electron chi connectivity index (χ4n) is 2.11. The Kier molecular flexibility index (Phi) is 4.55. The Labute approximate surface area is 129 Å². The molecule has 0 aliphatic rings. The minimum absolute atomic E-state index is 0.0507. The third kappa shape index (κ3) is 3.75. The summed E-state index contributed by atoms with van der Waals surface area (Å²) in [6, 6.07) is 8.94. The number of nitrogen functional groups attached to an aromatic ring is 1. The number of hydrogen-bond acceptors (Lipinski definition) is 5. The van der Waals surface area contributed by atoms with Crippen molar-refractivity contribution >= 4 is 32.7 Å². The van der Waals surface area contributed by atoms with Crippen LogP contribution in [0.4, 0.5) is 11.4 Å². The second kappa shape index (κ2) is 6.05. The van der Waals surface area contributed by atoms with Crippen LogP contribution in [0.1, 0.15) is 24.8 Å². The summed E-state index contributed by atoms with van der Waals surface area (Å²) in [6.07, 6.45) is 0. The molecule has 0 aliphatic heterocycles. The maximum absolute atomic E-state index is 11.4. The highest BCUT2D eigenvalue weighted by atomic mass is 32.2. The molecule has 1 aromatic heterocycles. The number of thiophene rings is 1. The van der Waals surface area contributed by atoms with E-state index >= 15 is 0 Å². The molecule has 2 aromatic rings. The summed E-state index contributed by atoms with van der Waals surface area (Å²) in [5, 5.41) is 10.5. The average molecular weight is 325 g/mol. The van der Waals surface area contributed by atoms with Gasteiger partial charge in [-0.1, -0.05) is 19.9 Å². The first-order valence-corrected chi connectivity index (χ1v) is 8.94. The van der Waals surface area contributed by atoms with Crippen molar-refractivity contribution in [2.45, 2.75) is 24.8 Å². The van der Waals surface area contributed by atoms with Crippen LogP contribution in [-0.4, -0.2) is 8.42 Å². The van der Waals surface area contributed by atoms with E-state index in [-0.39, 0.29) is 16.6 Å². The van der Waals surface area contributed by atoms with E-state index < -0.39 is 10.0 Å². The Morgan fingerprint density at radius 3 is 2.43 bits per heavy atom. The van der Waals surface area contributed by atoms with Gasteiger partial charge >= 0.3 is 0 Å². The highest BCUT2D eigenvalue weighted by Gasteiger charge is 2.18. The smallest absolute Gasteiger partial charge is 0.240 e. The first kappa shape index (κ1) is 15.8. The standard InChI is InChI=1S/C14H19N3O2S2/c1-9(2)14(12-4-3-7-20-12)17-10-5-6-13(11(15)8-10)21(16,18)19/h3-9,14,17H,15H2,1-2H3,(H2,16,18,19). The molecule has 1 heterocycles. The molecule has 0 radical (unpaired) electrons. The minimum Gasteiger partial charge on any atom is -0.398 e. The molecule has 21 heavy (non-hydrogen) atoms. The highest BCUT2D eigenvalue weighted by molar-refractivity contribution is 7.89. The second-order valence-corrected chi connectivity index (χ2v) is 7.69. The maximum atomic E-state index is 11.4. The van der Waals surface area contributed by atoms with Crippen molar-refractivity contribution in [1.29, 1.82) is 0 Å². The summed E-state index contributed by atoms with van der Waals surface area (Å²) in [7, 11) is -3.79. The van der Waals surface area contributed by atoms with E-state index in [9.17, 15) is 8.42 Å². The van der Waals surface area contributed by atoms with Gasteiger partial charge in [-0.15, -0.1) is 11.3 Å². The van der Waals surface area contributed by atoms with Gasteiger partial charge in [0, 0.05) is 10.6 Å². The number of nitrogens with one attached hydrogen (secondary N) is 1. The molecule has 0 aliphatic carbocycles. The van der Waals surface area contributed by atoms with E-state index in [4.69, 9.17) is 10.9 Å². The van der Waals surface area contributed by atoms with Gasteiger partial charge in [0.15, 0.2) is 0 Å². The number of rotatable bonds is 5. The van der Waals surface area contributed by atoms with Gasteiger partial charge in [-0.05, 0) is 35.6 Å². The summed E-state index contributed by atoms with van der Waals surface area (Å²) in [4.78, 5) is 1.17. The lowest BCUT2D eigenvalue weighted by Crippen LogP contribution is -2.17. The molecular weight excluding hydrogens is 306 g/mol. The van der Waals surface area contributed by atoms with E-state index in [0.29, 0.717) is 5.92 Å². The van der Waals surface area contributed by atoms with Crippen LogP contribution < -0.4 is 16.2 Å². The Balaban J connectivity index is 2.29. The third-order valence-corrected chi connectivity index (χ3v) is 5.10. The molecule has 0 saturated heterocycles. The van der Waals surface area contributed by atoms with Crippen molar-refractivity contribution in [3.05, 3.63) is 40.6 Å². The van der Waals surface area contributed by atoms with E-state index in [1.165, 1.54) is 10.9 Å². The predicted octanol–water partition coefficient (Wildman–Crippen LogP) is 2.79. The topological polar surface area (TPSA) is 98.2 Å². The Hall–Kier alpha value is -1.57. The molecule has 7 heteroatoms. The van der Waals surface area contributed by atoms with E-state index in [2.05, 4.69) is 25.2 Å². The van der Waals surface area contributed by atoms with Gasteiger partial charge in [0.25, 0.3) is 0 Å². The van der Waals surface area contributed by atoms with Gasteiger partial charge in [-0.25, -0.2) is 13.6 Å². The predicted molar refractivity (Wildman–Crippen MR) is 87.7 cm³/mol. The molecule has 1 atom stereocenters. The van der Waals surface area contributed by atoms with Gasteiger partial charge in [0.2, 0.25) is 10.0 Å². The van der Waals surface area contributed by atoms with Crippen LogP contribution in [0.3, 0.4) is 0 Å². The lowest BCUT2D eigenvalue weighted by atomic mass is 10.0. The van der Waals surface area contributed by atoms with Gasteiger partial charge in [-0.3, -0.25) is 0 Å². The van der Waals surface area contributed by atoms with Crippen molar-refractivity contribution in [2.24, 2.45) is 11.1 Å². The summed E-state index contributed by atoms with van der Waals surface area (Å²) in [6.45, 7) is 4.25. The van der Waals surface area contributed by atoms with Crippen LogP contribution in [-0.2, 0) is 10.0 Å². The summed E-state index contributed by atoms with van der Waals surface area (Å²) >= 11 is 1.68. The SMILES string of the molecule is CC(C)C(Nc1ccc(S(N)(=O)=O)c(N)c1)c1cccs1. The first-order valence-electron chi connectivity index (χ1n) is 6.51. The zero-order valence-electron chi connectivity index (χ0n) is 11.9. The highest BCUT2D eigenvalue weighted by Crippen LogP contribution is 2.31. The lowest BCUT2D eigenvalue weighted by molar-refractivity contribution is 0.554. The number of sulfonamides is 1. The lowest BCUT2D eigenvalue weighted by Gasteiger charge is -2.23. The molecule has 0 fully saturated rings. The fourth-order valence-corrected chi connectivity index (χ4v) is 3.71. The number of nitrogens with two attached hydrogens (primary N) is 2. The van der Waals surface area contributed by atoms with Crippen LogP contribution in [0.2, 0.25) is 0 Å². The zero-order valence-corrected chi connectivity index (χ0v) is 13.5. The molecule has 5 N–H and O–H groups in total. The molecule has 1 unspecified atom stereocenters. The number of anilines is 2. The normalized spacial score (nSPS) is 13.3. The number of primary sulfonamides is 1. The summed E-state index contributed by atoms with van der Waals surface area (Å²) < 4.78 is 22.7. The maximum Gasteiger partial charge on any atom is 0.240 e. The molecule has 0 bridgehead atoms. The third-order valence-electron chi connectivity index (χ3n) is 3.15. The Morgan fingerprint density at radius 1 is 1.24 bits per heavy atom. The van der Waals surface area contributed by atoms with Crippen molar-refractivity contribution in [3.63, 3.8) is 0 Å². The van der Waals surface area contributed by atoms with Crippen molar-refractivity contribution in [2.75, 3.05) is 11.1 Å². The largest absolute Gasteiger partial charge is 0.398 e. The summed E-state index contributed by atoms with van der Waals surface area (Å²) in [5.41, 5.74) is 6.70. The molecule has 0 amide bonds. The van der Waals surface area contributed by atoms with Gasteiger partial charge in [-0.2, -0.15) is 0 Å². The fraction of sp³-hybridized carbons (Fsp3) is 0.286. The van der Waals surface area contributed by atoms with Gasteiger partial charge < -0.3 is 11.1 Å². The molecular formula is C14H19N3O2S2. The molecule has 0 spiro atoms. The van der Waals surface area contributed by atoms with E-state index in [0.717, 1.165) is 5.69 Å². The van der Waals surface area contributed by atoms with Crippen molar-refractivity contribution in [1.82, 2.24) is 0 Å². The Bertz CT molecular complexity index is 710. The van der Waals surface area contributed by atoms with Gasteiger partial charge in [0.1, 0.15) is 4.90 Å². The average Bonchev–Trinajstić information content (AvgIpc) is 2.87. The monoisotopic (exact) mass is 325 g/mol. The number of hydrogen-bond donors (Lipinski definition) is 3. The van der Waals surface area contributed by atoms with Crippen molar-refractivity contribution < 1.29 is 8.42 Å². The zero-order chi connectivity index (χ0) is 15.6. The van der Waals surface area contributed by atoms with E-state index in [1.54, 1.807) is 23.5 Å². The summed E-state index contributed by atoms with van der Waals surface area (Å²) in [5.74, 6) is 0.378. The molecule has 0 saturated carbocycles. The quantitative estimate of drug-likeness (QED) is 0.736. The van der Waals surface area contributed by atoms with E-state index in [1.807, 2.05) is 11.4 Å². The Morgan fingerprint density at radius 2 is 1.95 bits per heavy atom. The molecule has 2 rings (SSSR count). The van der Waals surface area contributed by atoms with Crippen LogP contribution in [0.5, 0.6) is 0 Å². The van der Waals surface area contributed by atoms with Crippen LogP contribution in [0, 0.1) is 5.92 Å². The van der Waals surface area contributed by atoms with Crippen LogP contribution >= 0.6 is 11.3 Å². The van der Waals surface area contributed by atoms with Crippen LogP contribution in [0.15, 0.2) is 40.6 Å². The van der Waals surface area contributed by atoms with Crippen molar-refractivity contribution in [3.8, 4) is 0 Å². The molecule has 1 aromatic carbocycles. The minimum atomic E-state index is -3.79. The van der Waals surface area contributed by atoms with Gasteiger partial charge in [0.05, 0.1) is 11.7 Å². The number of benzene rings is 1. The molecule has 5 nitrogen and oxygen atoms in total.